The van der Waals surface area contributed by atoms with E-state index < -0.39 is 11.8 Å². The van der Waals surface area contributed by atoms with Crippen molar-refractivity contribution in [3.8, 4) is 0 Å². The topological polar surface area (TPSA) is 84.6 Å². The second-order valence-corrected chi connectivity index (χ2v) is 3.93. The van der Waals surface area contributed by atoms with E-state index in [0.29, 0.717) is 5.71 Å². The third kappa shape index (κ3) is 3.47. The lowest BCUT2D eigenvalue weighted by Crippen LogP contribution is -2.33. The van der Waals surface area contributed by atoms with Gasteiger partial charge in [-0.3, -0.25) is 9.59 Å². The van der Waals surface area contributed by atoms with Crippen LogP contribution in [-0.4, -0.2) is 17.5 Å². The van der Waals surface area contributed by atoms with E-state index in [9.17, 15) is 9.59 Å². The predicted molar refractivity (Wildman–Crippen MR) is 63.7 cm³/mol. The molecule has 2 amide bonds. The van der Waals surface area contributed by atoms with Crippen LogP contribution in [-0.2, 0) is 9.59 Å². The highest BCUT2D eigenvalue weighted by molar-refractivity contribution is 9.10. The Bertz CT molecular complexity index is 457. The summed E-state index contributed by atoms with van der Waals surface area (Å²) in [7, 11) is 0. The molecule has 5 nitrogen and oxygen atoms in total. The van der Waals surface area contributed by atoms with Gasteiger partial charge in [0.25, 0.3) is 0 Å². The van der Waals surface area contributed by atoms with Crippen LogP contribution in [0.4, 0.5) is 0 Å². The van der Waals surface area contributed by atoms with Crippen molar-refractivity contribution in [1.29, 1.82) is 0 Å². The summed E-state index contributed by atoms with van der Waals surface area (Å²) in [4.78, 5) is 21.3. The molecule has 0 fully saturated rings. The van der Waals surface area contributed by atoms with Gasteiger partial charge in [-0.15, -0.1) is 0 Å². The number of rotatable bonds is 2. The van der Waals surface area contributed by atoms with Gasteiger partial charge in [0.1, 0.15) is 0 Å². The SMILES string of the molecule is C/C(=N\NC(=O)C(N)=O)c1cccc(Br)c1. The number of nitrogens with one attached hydrogen (secondary N) is 1. The molecule has 16 heavy (non-hydrogen) atoms. The van der Waals surface area contributed by atoms with Crippen LogP contribution in [0.15, 0.2) is 33.8 Å². The highest BCUT2D eigenvalue weighted by Gasteiger charge is 2.06. The van der Waals surface area contributed by atoms with Gasteiger partial charge in [-0.25, -0.2) is 5.43 Å². The molecule has 1 rings (SSSR count). The summed E-state index contributed by atoms with van der Waals surface area (Å²) in [6.45, 7) is 1.71. The van der Waals surface area contributed by atoms with Crippen molar-refractivity contribution in [2.24, 2.45) is 10.8 Å². The maximum Gasteiger partial charge on any atom is 0.329 e. The fourth-order valence-electron chi connectivity index (χ4n) is 0.968. The zero-order valence-electron chi connectivity index (χ0n) is 8.53. The second-order valence-electron chi connectivity index (χ2n) is 3.01. The Morgan fingerprint density at radius 3 is 2.69 bits per heavy atom. The average Bonchev–Trinajstić information content (AvgIpc) is 2.25. The molecule has 1 aromatic rings. The fraction of sp³-hybridized carbons (Fsp3) is 0.100. The number of halogens is 1. The van der Waals surface area contributed by atoms with Gasteiger partial charge in [-0.05, 0) is 24.6 Å². The average molecular weight is 284 g/mol. The van der Waals surface area contributed by atoms with E-state index in [4.69, 9.17) is 5.73 Å². The summed E-state index contributed by atoms with van der Waals surface area (Å²) < 4.78 is 0.903. The molecule has 0 aromatic heterocycles. The van der Waals surface area contributed by atoms with Crippen molar-refractivity contribution >= 4 is 33.5 Å². The highest BCUT2D eigenvalue weighted by atomic mass is 79.9. The number of primary amides is 1. The van der Waals surface area contributed by atoms with Gasteiger partial charge in [0.15, 0.2) is 0 Å². The number of carbonyl (C=O) groups is 2. The first-order valence-corrected chi connectivity index (χ1v) is 5.20. The van der Waals surface area contributed by atoms with Crippen molar-refractivity contribution < 1.29 is 9.59 Å². The molecule has 0 saturated heterocycles. The Morgan fingerprint density at radius 2 is 2.12 bits per heavy atom. The quantitative estimate of drug-likeness (QED) is 0.477. The Morgan fingerprint density at radius 1 is 1.44 bits per heavy atom. The van der Waals surface area contributed by atoms with Gasteiger partial charge in [-0.2, -0.15) is 5.10 Å². The first-order valence-electron chi connectivity index (χ1n) is 4.40. The lowest BCUT2D eigenvalue weighted by atomic mass is 10.1. The van der Waals surface area contributed by atoms with E-state index in [2.05, 4.69) is 26.5 Å². The number of benzene rings is 1. The molecule has 3 N–H and O–H groups in total. The molecule has 0 atom stereocenters. The van der Waals surface area contributed by atoms with E-state index in [1.54, 1.807) is 6.92 Å². The van der Waals surface area contributed by atoms with E-state index in [1.807, 2.05) is 24.3 Å². The number of carbonyl (C=O) groups excluding carboxylic acids is 2. The van der Waals surface area contributed by atoms with Crippen molar-refractivity contribution in [2.45, 2.75) is 6.92 Å². The second kappa shape index (κ2) is 5.41. The monoisotopic (exact) mass is 283 g/mol. The first-order chi connectivity index (χ1) is 7.50. The number of hydrazone groups is 1. The van der Waals surface area contributed by atoms with Crippen LogP contribution < -0.4 is 11.2 Å². The van der Waals surface area contributed by atoms with Crippen LogP contribution in [0.25, 0.3) is 0 Å². The van der Waals surface area contributed by atoms with E-state index in [1.165, 1.54) is 0 Å². The Hall–Kier alpha value is -1.69. The molecule has 0 aliphatic rings. The smallest absolute Gasteiger partial charge is 0.329 e. The zero-order valence-corrected chi connectivity index (χ0v) is 10.1. The van der Waals surface area contributed by atoms with Gasteiger partial charge in [-0.1, -0.05) is 28.1 Å². The summed E-state index contributed by atoms with van der Waals surface area (Å²) >= 11 is 3.32. The number of hydrogen-bond acceptors (Lipinski definition) is 3. The number of nitrogens with two attached hydrogens (primary N) is 1. The number of amides is 2. The number of hydrogen-bond donors (Lipinski definition) is 2. The number of nitrogens with zero attached hydrogens (tertiary/aromatic N) is 1. The highest BCUT2D eigenvalue weighted by Crippen LogP contribution is 2.12. The normalized spacial score (nSPS) is 11.0. The minimum absolute atomic E-state index is 0.580. The van der Waals surface area contributed by atoms with Crippen molar-refractivity contribution in [3.05, 3.63) is 34.3 Å². The van der Waals surface area contributed by atoms with Crippen LogP contribution in [0.2, 0.25) is 0 Å². The van der Waals surface area contributed by atoms with E-state index in [-0.39, 0.29) is 0 Å². The molecule has 0 saturated carbocycles. The molecule has 84 valence electrons. The minimum atomic E-state index is -1.06. The van der Waals surface area contributed by atoms with Crippen LogP contribution in [0.5, 0.6) is 0 Å². The molecule has 0 spiro atoms. The van der Waals surface area contributed by atoms with Gasteiger partial charge in [0, 0.05) is 4.47 Å². The lowest BCUT2D eigenvalue weighted by Gasteiger charge is -2.01. The van der Waals surface area contributed by atoms with Crippen molar-refractivity contribution in [2.75, 3.05) is 0 Å². The Labute approximate surface area is 101 Å². The van der Waals surface area contributed by atoms with Crippen molar-refractivity contribution in [1.82, 2.24) is 5.43 Å². The molecule has 0 aliphatic heterocycles. The minimum Gasteiger partial charge on any atom is -0.361 e. The van der Waals surface area contributed by atoms with Crippen LogP contribution >= 0.6 is 15.9 Å². The van der Waals surface area contributed by atoms with Crippen LogP contribution in [0.1, 0.15) is 12.5 Å². The summed E-state index contributed by atoms with van der Waals surface area (Å²) in [5.74, 6) is -2.00. The van der Waals surface area contributed by atoms with Crippen LogP contribution in [0.3, 0.4) is 0 Å². The molecule has 0 heterocycles. The van der Waals surface area contributed by atoms with E-state index >= 15 is 0 Å². The van der Waals surface area contributed by atoms with Gasteiger partial charge >= 0.3 is 11.8 Å². The molecule has 6 heteroatoms. The molecule has 0 radical (unpaired) electrons. The summed E-state index contributed by atoms with van der Waals surface area (Å²) in [6.07, 6.45) is 0. The zero-order chi connectivity index (χ0) is 12.1. The molecule has 1 aromatic carbocycles. The molecule has 0 bridgehead atoms. The van der Waals surface area contributed by atoms with Gasteiger partial charge in [0.05, 0.1) is 5.71 Å². The standard InChI is InChI=1S/C10H10BrN3O2/c1-6(13-14-10(16)9(12)15)7-3-2-4-8(11)5-7/h2-5H,1H3,(H2,12,15)(H,14,16)/b13-6+. The van der Waals surface area contributed by atoms with Crippen molar-refractivity contribution in [3.63, 3.8) is 0 Å². The van der Waals surface area contributed by atoms with Gasteiger partial charge in [0.2, 0.25) is 0 Å². The first kappa shape index (κ1) is 12.4. The predicted octanol–water partition coefficient (Wildman–Crippen LogP) is 0.775. The largest absolute Gasteiger partial charge is 0.361 e. The third-order valence-electron chi connectivity index (χ3n) is 1.79. The Kier molecular flexibility index (Phi) is 4.19. The Balaban J connectivity index is 2.78. The molecular weight excluding hydrogens is 274 g/mol. The maximum absolute atomic E-state index is 10.8. The fourth-order valence-corrected chi connectivity index (χ4v) is 1.37. The van der Waals surface area contributed by atoms with E-state index in [0.717, 1.165) is 10.0 Å². The molecular formula is C10H10BrN3O2. The summed E-state index contributed by atoms with van der Waals surface area (Å²) in [5.41, 5.74) is 8.23. The maximum atomic E-state index is 10.8. The van der Waals surface area contributed by atoms with Crippen LogP contribution in [0, 0.1) is 0 Å². The summed E-state index contributed by atoms with van der Waals surface area (Å²) in [5, 5.41) is 3.75. The summed E-state index contributed by atoms with van der Waals surface area (Å²) in [6, 6.07) is 7.39. The van der Waals surface area contributed by atoms with Gasteiger partial charge < -0.3 is 5.73 Å². The lowest BCUT2D eigenvalue weighted by molar-refractivity contribution is -0.137. The third-order valence-corrected chi connectivity index (χ3v) is 2.28. The molecule has 0 aliphatic carbocycles. The molecule has 0 unspecified atom stereocenters.